The lowest BCUT2D eigenvalue weighted by Crippen LogP contribution is -2.41. The Labute approximate surface area is 141 Å². The molecule has 1 aromatic rings. The van der Waals surface area contributed by atoms with E-state index in [-0.39, 0.29) is 23.5 Å². The predicted molar refractivity (Wildman–Crippen MR) is 91.9 cm³/mol. The number of carbonyl (C=O) groups is 3. The lowest BCUT2D eigenvalue weighted by molar-refractivity contribution is -0.118. The summed E-state index contributed by atoms with van der Waals surface area (Å²) in [6.45, 7) is 3.47. The average molecular weight is 339 g/mol. The Balaban J connectivity index is 2.77. The van der Waals surface area contributed by atoms with Crippen LogP contribution in [0.15, 0.2) is 24.3 Å². The summed E-state index contributed by atoms with van der Waals surface area (Å²) in [5.74, 6) is -0.869. The third-order valence-electron chi connectivity index (χ3n) is 3.37. The number of Topliss-reactive ketones (excluding diaryl/α,β-unsaturated/α-hetero) is 1. The van der Waals surface area contributed by atoms with E-state index in [1.54, 1.807) is 24.3 Å². The fourth-order valence-electron chi connectivity index (χ4n) is 2.19. The zero-order valence-corrected chi connectivity index (χ0v) is 14.3. The van der Waals surface area contributed by atoms with Crippen molar-refractivity contribution >= 4 is 34.9 Å². The van der Waals surface area contributed by atoms with Gasteiger partial charge in [-0.3, -0.25) is 14.4 Å². The van der Waals surface area contributed by atoms with Crippen LogP contribution in [-0.2, 0) is 9.59 Å². The van der Waals surface area contributed by atoms with Crippen molar-refractivity contribution in [2.24, 2.45) is 0 Å². The maximum Gasteiger partial charge on any atom is 0.251 e. The lowest BCUT2D eigenvalue weighted by Gasteiger charge is -2.17. The number of unbranched alkanes of at least 4 members (excludes halogenated alkanes) is 2. The third kappa shape index (κ3) is 6.82. The Kier molecular flexibility index (Phi) is 8.33. The highest BCUT2D eigenvalue weighted by Crippen LogP contribution is 2.12. The van der Waals surface area contributed by atoms with Gasteiger partial charge in [-0.2, -0.15) is 0 Å². The second kappa shape index (κ2) is 10.0. The molecular formula is C17H23ClN2O3. The second-order valence-electron chi connectivity index (χ2n) is 5.38. The smallest absolute Gasteiger partial charge is 0.251 e. The van der Waals surface area contributed by atoms with Crippen molar-refractivity contribution in [3.05, 3.63) is 29.8 Å². The molecule has 0 aliphatic heterocycles. The van der Waals surface area contributed by atoms with Crippen LogP contribution >= 0.6 is 11.6 Å². The number of rotatable bonds is 9. The van der Waals surface area contributed by atoms with Crippen molar-refractivity contribution in [2.45, 2.75) is 45.6 Å². The Morgan fingerprint density at radius 3 is 2.57 bits per heavy atom. The van der Waals surface area contributed by atoms with Crippen LogP contribution in [0.4, 0.5) is 5.69 Å². The summed E-state index contributed by atoms with van der Waals surface area (Å²) in [4.78, 5) is 35.3. The van der Waals surface area contributed by atoms with Gasteiger partial charge in [-0.1, -0.05) is 32.3 Å². The minimum atomic E-state index is -0.573. The normalized spacial score (nSPS) is 11.6. The topological polar surface area (TPSA) is 75.3 Å². The largest absolute Gasteiger partial charge is 0.342 e. The molecule has 2 N–H and O–H groups in total. The van der Waals surface area contributed by atoms with Crippen LogP contribution in [0.2, 0.25) is 0 Å². The first kappa shape index (κ1) is 19.2. The standard InChI is InChI=1S/C17H23ClN2O3/c1-3-4-5-9-15(16(22)11-18)20-17(23)13-7-6-8-14(10-13)19-12(2)21/h6-8,10,15H,3-5,9,11H2,1-2H3,(H,19,21)(H,20,23)/t15-/m0/s1. The predicted octanol–water partition coefficient (Wildman–Crippen LogP) is 3.13. The molecule has 1 atom stereocenters. The van der Waals surface area contributed by atoms with Crippen LogP contribution in [-0.4, -0.2) is 29.5 Å². The summed E-state index contributed by atoms with van der Waals surface area (Å²) in [5.41, 5.74) is 0.926. The van der Waals surface area contributed by atoms with Crippen LogP contribution in [0.1, 0.15) is 49.9 Å². The number of amides is 2. The van der Waals surface area contributed by atoms with Gasteiger partial charge in [0, 0.05) is 18.2 Å². The van der Waals surface area contributed by atoms with Gasteiger partial charge in [-0.05, 0) is 24.6 Å². The van der Waals surface area contributed by atoms with Gasteiger partial charge in [0.1, 0.15) is 0 Å². The number of halogens is 1. The van der Waals surface area contributed by atoms with E-state index in [1.165, 1.54) is 6.92 Å². The van der Waals surface area contributed by atoms with Crippen molar-refractivity contribution in [3.8, 4) is 0 Å². The van der Waals surface area contributed by atoms with Gasteiger partial charge >= 0.3 is 0 Å². The third-order valence-corrected chi connectivity index (χ3v) is 3.63. The fourth-order valence-corrected chi connectivity index (χ4v) is 2.37. The minimum absolute atomic E-state index is 0.122. The molecule has 0 radical (unpaired) electrons. The van der Waals surface area contributed by atoms with Gasteiger partial charge in [0.05, 0.1) is 11.9 Å². The summed E-state index contributed by atoms with van der Waals surface area (Å²) in [7, 11) is 0. The Hall–Kier alpha value is -1.88. The molecule has 1 aromatic carbocycles. The molecule has 0 heterocycles. The Morgan fingerprint density at radius 1 is 1.22 bits per heavy atom. The average Bonchev–Trinajstić information content (AvgIpc) is 2.52. The first-order valence-corrected chi connectivity index (χ1v) is 8.28. The summed E-state index contributed by atoms with van der Waals surface area (Å²) >= 11 is 5.62. The quantitative estimate of drug-likeness (QED) is 0.536. The Bertz CT molecular complexity index is 561. The first-order valence-electron chi connectivity index (χ1n) is 7.75. The van der Waals surface area contributed by atoms with Crippen LogP contribution in [0.25, 0.3) is 0 Å². The zero-order valence-electron chi connectivity index (χ0n) is 13.5. The zero-order chi connectivity index (χ0) is 17.2. The van der Waals surface area contributed by atoms with Crippen molar-refractivity contribution in [1.29, 1.82) is 0 Å². The van der Waals surface area contributed by atoms with Crippen LogP contribution < -0.4 is 10.6 Å². The van der Waals surface area contributed by atoms with E-state index in [2.05, 4.69) is 17.6 Å². The molecule has 0 unspecified atom stereocenters. The molecule has 23 heavy (non-hydrogen) atoms. The molecule has 0 bridgehead atoms. The summed E-state index contributed by atoms with van der Waals surface area (Å²) < 4.78 is 0. The highest BCUT2D eigenvalue weighted by atomic mass is 35.5. The first-order chi connectivity index (χ1) is 11.0. The van der Waals surface area contributed by atoms with Gasteiger partial charge in [0.15, 0.2) is 5.78 Å². The fraction of sp³-hybridized carbons (Fsp3) is 0.471. The minimum Gasteiger partial charge on any atom is -0.342 e. The van der Waals surface area contributed by atoms with E-state index in [0.717, 1.165) is 19.3 Å². The van der Waals surface area contributed by atoms with Crippen molar-refractivity contribution in [3.63, 3.8) is 0 Å². The summed E-state index contributed by atoms with van der Waals surface area (Å²) in [6.07, 6.45) is 3.47. The molecule has 6 heteroatoms. The van der Waals surface area contributed by atoms with E-state index < -0.39 is 6.04 Å². The number of anilines is 1. The molecule has 0 aromatic heterocycles. The molecule has 0 fully saturated rings. The van der Waals surface area contributed by atoms with Crippen molar-refractivity contribution < 1.29 is 14.4 Å². The molecule has 2 amide bonds. The number of ketones is 1. The molecule has 0 spiro atoms. The van der Waals surface area contributed by atoms with Crippen molar-refractivity contribution in [2.75, 3.05) is 11.2 Å². The second-order valence-corrected chi connectivity index (χ2v) is 5.65. The molecule has 0 aliphatic rings. The van der Waals surface area contributed by atoms with E-state index in [9.17, 15) is 14.4 Å². The number of hydrogen-bond acceptors (Lipinski definition) is 3. The maximum atomic E-state index is 12.3. The van der Waals surface area contributed by atoms with E-state index in [0.29, 0.717) is 17.7 Å². The SMILES string of the molecule is CCCCC[C@H](NC(=O)c1cccc(NC(C)=O)c1)C(=O)CCl. The number of alkyl halides is 1. The van der Waals surface area contributed by atoms with E-state index >= 15 is 0 Å². The Morgan fingerprint density at radius 2 is 1.96 bits per heavy atom. The highest BCUT2D eigenvalue weighted by Gasteiger charge is 2.20. The molecule has 0 saturated carbocycles. The van der Waals surface area contributed by atoms with E-state index in [4.69, 9.17) is 11.6 Å². The van der Waals surface area contributed by atoms with Gasteiger partial charge < -0.3 is 10.6 Å². The number of benzene rings is 1. The molecule has 126 valence electrons. The monoisotopic (exact) mass is 338 g/mol. The molecule has 0 aliphatic carbocycles. The van der Waals surface area contributed by atoms with Crippen LogP contribution in [0.3, 0.4) is 0 Å². The van der Waals surface area contributed by atoms with Gasteiger partial charge in [0.2, 0.25) is 5.91 Å². The van der Waals surface area contributed by atoms with Crippen molar-refractivity contribution in [1.82, 2.24) is 5.32 Å². The van der Waals surface area contributed by atoms with E-state index in [1.807, 2.05) is 0 Å². The number of carbonyl (C=O) groups excluding carboxylic acids is 3. The maximum absolute atomic E-state index is 12.3. The van der Waals surface area contributed by atoms with Crippen LogP contribution in [0, 0.1) is 0 Å². The molecule has 5 nitrogen and oxygen atoms in total. The highest BCUT2D eigenvalue weighted by molar-refractivity contribution is 6.28. The van der Waals surface area contributed by atoms with Gasteiger partial charge in [-0.25, -0.2) is 0 Å². The summed E-state index contributed by atoms with van der Waals surface area (Å²) in [6, 6.07) is 6.01. The van der Waals surface area contributed by atoms with Crippen LogP contribution in [0.5, 0.6) is 0 Å². The number of hydrogen-bond donors (Lipinski definition) is 2. The molecule has 0 saturated heterocycles. The lowest BCUT2D eigenvalue weighted by atomic mass is 10.0. The van der Waals surface area contributed by atoms with Gasteiger partial charge in [0.25, 0.3) is 5.91 Å². The molecule has 1 rings (SSSR count). The van der Waals surface area contributed by atoms with Gasteiger partial charge in [-0.15, -0.1) is 11.6 Å². The summed E-state index contributed by atoms with van der Waals surface area (Å²) in [5, 5.41) is 5.36. The number of nitrogens with one attached hydrogen (secondary N) is 2. The molecular weight excluding hydrogens is 316 g/mol.